The second-order valence-corrected chi connectivity index (χ2v) is 4.26. The molecule has 0 spiro atoms. The zero-order chi connectivity index (χ0) is 13.2. The molecule has 0 aliphatic rings. The lowest BCUT2D eigenvalue weighted by Gasteiger charge is -2.07. The van der Waals surface area contributed by atoms with E-state index in [4.69, 9.17) is 4.74 Å². The molecule has 98 valence electrons. The molecule has 0 aliphatic heterocycles. The molecule has 0 heterocycles. The highest BCUT2D eigenvalue weighted by Gasteiger charge is 2.09. The molecular formula is C16H22O2. The molecule has 2 heteroatoms. The molecule has 0 bridgehead atoms. The summed E-state index contributed by atoms with van der Waals surface area (Å²) < 4.78 is 5.10. The van der Waals surface area contributed by atoms with Crippen LogP contribution in [0.5, 0.6) is 0 Å². The Hall–Kier alpha value is -1.57. The first-order valence-corrected chi connectivity index (χ1v) is 6.70. The number of carbonyl (C=O) groups excluding carboxylic acids is 1. The van der Waals surface area contributed by atoms with Gasteiger partial charge in [-0.05, 0) is 31.4 Å². The van der Waals surface area contributed by atoms with Crippen molar-refractivity contribution in [3.05, 3.63) is 41.5 Å². The van der Waals surface area contributed by atoms with Gasteiger partial charge in [-0.15, -0.1) is 0 Å². The van der Waals surface area contributed by atoms with Gasteiger partial charge in [-0.25, -0.2) is 4.79 Å². The zero-order valence-corrected chi connectivity index (χ0v) is 11.3. The molecule has 0 N–H and O–H groups in total. The van der Waals surface area contributed by atoms with Crippen LogP contribution in [0.2, 0.25) is 0 Å². The predicted molar refractivity (Wildman–Crippen MR) is 75.2 cm³/mol. The summed E-state index contributed by atoms with van der Waals surface area (Å²) in [5, 5.41) is 0. The first-order chi connectivity index (χ1) is 8.77. The van der Waals surface area contributed by atoms with Crippen molar-refractivity contribution in [2.24, 2.45) is 0 Å². The van der Waals surface area contributed by atoms with Crippen molar-refractivity contribution < 1.29 is 9.53 Å². The fourth-order valence-electron chi connectivity index (χ4n) is 1.77. The minimum atomic E-state index is -0.183. The standard InChI is InChI=1S/C16H22O2/c1-3-5-7-12-15(16(17)18-4-2)13-14-10-8-6-9-11-14/h6,8-11,13H,3-5,7,12H2,1-2H3/b15-13+. The lowest BCUT2D eigenvalue weighted by molar-refractivity contribution is -0.138. The first-order valence-electron chi connectivity index (χ1n) is 6.70. The first kappa shape index (κ1) is 14.5. The Kier molecular flexibility index (Phi) is 6.85. The number of esters is 1. The number of unbranched alkanes of at least 4 members (excludes halogenated alkanes) is 2. The van der Waals surface area contributed by atoms with Crippen LogP contribution in [0.3, 0.4) is 0 Å². The fraction of sp³-hybridized carbons (Fsp3) is 0.438. The smallest absolute Gasteiger partial charge is 0.334 e. The van der Waals surface area contributed by atoms with E-state index < -0.39 is 0 Å². The molecule has 0 aromatic heterocycles. The molecule has 18 heavy (non-hydrogen) atoms. The molecule has 0 saturated carbocycles. The molecule has 0 unspecified atom stereocenters. The highest BCUT2D eigenvalue weighted by molar-refractivity contribution is 5.93. The largest absolute Gasteiger partial charge is 0.463 e. The van der Waals surface area contributed by atoms with E-state index >= 15 is 0 Å². The quantitative estimate of drug-likeness (QED) is 0.409. The SMILES string of the molecule is CCCCC/C(=C\c1ccccc1)C(=O)OCC. The molecule has 0 aliphatic carbocycles. The Balaban J connectivity index is 2.76. The lowest BCUT2D eigenvalue weighted by atomic mass is 10.0. The summed E-state index contributed by atoms with van der Waals surface area (Å²) >= 11 is 0. The van der Waals surface area contributed by atoms with Crippen LogP contribution >= 0.6 is 0 Å². The number of benzene rings is 1. The average molecular weight is 246 g/mol. The van der Waals surface area contributed by atoms with Crippen LogP contribution in [0.25, 0.3) is 6.08 Å². The molecule has 1 aromatic rings. The van der Waals surface area contributed by atoms with E-state index in [0.717, 1.165) is 36.8 Å². The third kappa shape index (κ3) is 5.17. The Morgan fingerprint density at radius 2 is 1.89 bits per heavy atom. The van der Waals surface area contributed by atoms with Gasteiger partial charge in [0, 0.05) is 5.57 Å². The van der Waals surface area contributed by atoms with Crippen molar-refractivity contribution in [2.75, 3.05) is 6.61 Å². The van der Waals surface area contributed by atoms with Crippen molar-refractivity contribution in [1.82, 2.24) is 0 Å². The van der Waals surface area contributed by atoms with Gasteiger partial charge in [0.05, 0.1) is 6.61 Å². The number of carbonyl (C=O) groups is 1. The van der Waals surface area contributed by atoms with E-state index in [-0.39, 0.29) is 5.97 Å². The molecular weight excluding hydrogens is 224 g/mol. The maximum atomic E-state index is 11.9. The van der Waals surface area contributed by atoms with Crippen LogP contribution in [0, 0.1) is 0 Å². The second-order valence-electron chi connectivity index (χ2n) is 4.26. The van der Waals surface area contributed by atoms with Crippen LogP contribution < -0.4 is 0 Å². The molecule has 1 rings (SSSR count). The zero-order valence-electron chi connectivity index (χ0n) is 11.3. The van der Waals surface area contributed by atoms with Crippen LogP contribution in [0.15, 0.2) is 35.9 Å². The molecule has 0 atom stereocenters. The van der Waals surface area contributed by atoms with Gasteiger partial charge < -0.3 is 4.74 Å². The highest BCUT2D eigenvalue weighted by Crippen LogP contribution is 2.15. The molecule has 2 nitrogen and oxygen atoms in total. The van der Waals surface area contributed by atoms with Gasteiger partial charge >= 0.3 is 5.97 Å². The van der Waals surface area contributed by atoms with Gasteiger partial charge in [-0.3, -0.25) is 0 Å². The number of ether oxygens (including phenoxy) is 1. The Morgan fingerprint density at radius 3 is 2.50 bits per heavy atom. The van der Waals surface area contributed by atoms with E-state index in [2.05, 4.69) is 6.92 Å². The van der Waals surface area contributed by atoms with Crippen molar-refractivity contribution in [3.63, 3.8) is 0 Å². The molecule has 0 fully saturated rings. The summed E-state index contributed by atoms with van der Waals surface area (Å²) in [6.45, 7) is 4.42. The Bertz CT molecular complexity index is 379. The summed E-state index contributed by atoms with van der Waals surface area (Å²) in [5.41, 5.74) is 1.83. The molecule has 0 radical (unpaired) electrons. The summed E-state index contributed by atoms with van der Waals surface area (Å²) in [6.07, 6.45) is 6.07. The number of hydrogen-bond donors (Lipinski definition) is 0. The monoisotopic (exact) mass is 246 g/mol. The summed E-state index contributed by atoms with van der Waals surface area (Å²) in [7, 11) is 0. The van der Waals surface area contributed by atoms with Gasteiger partial charge in [0.25, 0.3) is 0 Å². The van der Waals surface area contributed by atoms with Gasteiger partial charge in [-0.2, -0.15) is 0 Å². The normalized spacial score (nSPS) is 11.3. The fourth-order valence-corrected chi connectivity index (χ4v) is 1.77. The maximum absolute atomic E-state index is 11.9. The van der Waals surface area contributed by atoms with Crippen molar-refractivity contribution in [1.29, 1.82) is 0 Å². The Morgan fingerprint density at radius 1 is 1.17 bits per heavy atom. The minimum Gasteiger partial charge on any atom is -0.463 e. The van der Waals surface area contributed by atoms with E-state index in [1.165, 1.54) is 0 Å². The summed E-state index contributed by atoms with van der Waals surface area (Å²) in [5.74, 6) is -0.183. The highest BCUT2D eigenvalue weighted by atomic mass is 16.5. The summed E-state index contributed by atoms with van der Waals surface area (Å²) in [6, 6.07) is 9.91. The van der Waals surface area contributed by atoms with E-state index in [0.29, 0.717) is 6.61 Å². The van der Waals surface area contributed by atoms with Gasteiger partial charge in [0.15, 0.2) is 0 Å². The number of rotatable bonds is 7. The maximum Gasteiger partial charge on any atom is 0.334 e. The van der Waals surface area contributed by atoms with Crippen LogP contribution in [0.1, 0.15) is 45.1 Å². The van der Waals surface area contributed by atoms with Crippen LogP contribution in [0.4, 0.5) is 0 Å². The molecule has 1 aromatic carbocycles. The third-order valence-electron chi connectivity index (χ3n) is 2.73. The molecule has 0 saturated heterocycles. The van der Waals surface area contributed by atoms with Gasteiger partial charge in [-0.1, -0.05) is 50.1 Å². The predicted octanol–water partition coefficient (Wildman–Crippen LogP) is 4.21. The van der Waals surface area contributed by atoms with Crippen LogP contribution in [-0.2, 0) is 9.53 Å². The lowest BCUT2D eigenvalue weighted by Crippen LogP contribution is -2.07. The number of hydrogen-bond acceptors (Lipinski definition) is 2. The van der Waals surface area contributed by atoms with Gasteiger partial charge in [0.2, 0.25) is 0 Å². The third-order valence-corrected chi connectivity index (χ3v) is 2.73. The second kappa shape index (κ2) is 8.51. The van der Waals surface area contributed by atoms with Crippen molar-refractivity contribution in [3.8, 4) is 0 Å². The van der Waals surface area contributed by atoms with Crippen LogP contribution in [-0.4, -0.2) is 12.6 Å². The van der Waals surface area contributed by atoms with E-state index in [1.807, 2.05) is 43.3 Å². The summed E-state index contributed by atoms with van der Waals surface area (Å²) in [4.78, 5) is 11.9. The Labute approximate surface area is 110 Å². The topological polar surface area (TPSA) is 26.3 Å². The molecule has 0 amide bonds. The van der Waals surface area contributed by atoms with E-state index in [1.54, 1.807) is 0 Å². The average Bonchev–Trinajstić information content (AvgIpc) is 2.39. The van der Waals surface area contributed by atoms with E-state index in [9.17, 15) is 4.79 Å². The van der Waals surface area contributed by atoms with Crippen molar-refractivity contribution in [2.45, 2.75) is 39.5 Å². The van der Waals surface area contributed by atoms with Crippen molar-refractivity contribution >= 4 is 12.0 Å². The van der Waals surface area contributed by atoms with Gasteiger partial charge in [0.1, 0.15) is 0 Å². The minimum absolute atomic E-state index is 0.183.